The molecule has 0 saturated carbocycles. The number of hydrogen-bond donors (Lipinski definition) is 1. The number of benzene rings is 6. The monoisotopic (exact) mass is 991 g/mol. The third kappa shape index (κ3) is 8.93. The number of para-hydroxylation sites is 1. The summed E-state index contributed by atoms with van der Waals surface area (Å²) < 4.78 is 88.0. The number of aromatic nitrogens is 3. The van der Waals surface area contributed by atoms with Crippen LogP contribution in [0.25, 0.3) is 72.7 Å². The summed E-state index contributed by atoms with van der Waals surface area (Å²) in [5, 5.41) is 12.0. The van der Waals surface area contributed by atoms with Gasteiger partial charge in [0.05, 0.1) is 31.9 Å². The van der Waals surface area contributed by atoms with Crippen molar-refractivity contribution in [3.05, 3.63) is 167 Å². The molecule has 2 aromatic heterocycles. The Labute approximate surface area is 391 Å². The predicted molar refractivity (Wildman–Crippen MR) is 252 cm³/mol. The molecule has 0 aliphatic carbocycles. The first-order valence-corrected chi connectivity index (χ1v) is 20.4. The molecule has 8 rings (SSSR count). The fourth-order valence-electron chi connectivity index (χ4n) is 7.63. The maximum atomic E-state index is 12.0. The average Bonchev–Trinajstić information content (AvgIpc) is 3.67. The number of hydrogen-bond acceptors (Lipinski definition) is 3. The summed E-state index contributed by atoms with van der Waals surface area (Å²) in [6.07, 6.45) is 0.294. The largest absolute Gasteiger partial charge is 0.507 e. The van der Waals surface area contributed by atoms with Crippen LogP contribution in [-0.4, -0.2) is 19.6 Å². The number of phenols is 1. The Bertz CT molecular complexity index is 3360. The van der Waals surface area contributed by atoms with Crippen LogP contribution < -0.4 is 0 Å². The van der Waals surface area contributed by atoms with Gasteiger partial charge in [0.1, 0.15) is 11.6 Å². The minimum atomic E-state index is -2.97. The van der Waals surface area contributed by atoms with Crippen LogP contribution in [-0.2, 0) is 38.3 Å². The molecular weight excluding hydrogens is 926 g/mol. The minimum Gasteiger partial charge on any atom is -0.507 e. The zero-order chi connectivity index (χ0) is 51.1. The quantitative estimate of drug-likeness (QED) is 0.154. The van der Waals surface area contributed by atoms with Crippen LogP contribution >= 0.6 is 0 Å². The molecule has 5 heteroatoms. The van der Waals surface area contributed by atoms with E-state index in [0.29, 0.717) is 39.5 Å². The van der Waals surface area contributed by atoms with E-state index < -0.39 is 65.8 Å². The van der Waals surface area contributed by atoms with E-state index in [2.05, 4.69) is 80.6 Å². The van der Waals surface area contributed by atoms with E-state index in [9.17, 15) is 6.48 Å². The van der Waals surface area contributed by atoms with Crippen molar-refractivity contribution in [2.24, 2.45) is 5.92 Å². The van der Waals surface area contributed by atoms with Crippen molar-refractivity contribution >= 4 is 11.0 Å². The molecule has 6 aromatic carbocycles. The zero-order valence-corrected chi connectivity index (χ0v) is 38.3. The van der Waals surface area contributed by atoms with Crippen molar-refractivity contribution < 1.29 is 39.9 Å². The van der Waals surface area contributed by atoms with Gasteiger partial charge in [-0.15, -0.1) is 29.3 Å². The molecule has 0 aliphatic heterocycles. The second kappa shape index (κ2) is 17.1. The Morgan fingerprint density at radius 1 is 0.738 bits per heavy atom. The molecule has 1 N–H and O–H groups in total. The molecule has 0 radical (unpaired) electrons. The van der Waals surface area contributed by atoms with Gasteiger partial charge >= 0.3 is 0 Å². The van der Waals surface area contributed by atoms with Gasteiger partial charge in [0, 0.05) is 42.6 Å². The summed E-state index contributed by atoms with van der Waals surface area (Å²) in [6, 6.07) is 29.8. The maximum absolute atomic E-state index is 12.0. The van der Waals surface area contributed by atoms with E-state index in [1.807, 2.05) is 82.3 Å². The van der Waals surface area contributed by atoms with E-state index >= 15 is 0 Å². The summed E-state index contributed by atoms with van der Waals surface area (Å²) in [4.78, 5) is 9.90. The number of aryl methyl sites for hydroxylation is 1. The van der Waals surface area contributed by atoms with Gasteiger partial charge in [0.15, 0.2) is 0 Å². The van der Waals surface area contributed by atoms with Crippen molar-refractivity contribution in [2.75, 3.05) is 0 Å². The Balaban J connectivity index is 0.00000741. The first-order valence-electron chi connectivity index (χ1n) is 25.4. The van der Waals surface area contributed by atoms with Crippen LogP contribution in [0.5, 0.6) is 5.75 Å². The Hall–Kier alpha value is -5.57. The van der Waals surface area contributed by atoms with E-state index in [-0.39, 0.29) is 49.1 Å². The van der Waals surface area contributed by atoms with Crippen LogP contribution in [0, 0.1) is 25.8 Å². The maximum Gasteiger partial charge on any atom is 0.148 e. The van der Waals surface area contributed by atoms with Crippen LogP contribution in [0.3, 0.4) is 0 Å². The number of nitrogens with zero attached hydrogens (tertiary/aromatic N) is 3. The van der Waals surface area contributed by atoms with E-state index in [1.54, 1.807) is 6.07 Å². The molecule has 0 spiro atoms. The second-order valence-electron chi connectivity index (χ2n) is 18.1. The molecule has 312 valence electrons. The zero-order valence-electron chi connectivity index (χ0n) is 46.0. The van der Waals surface area contributed by atoms with Gasteiger partial charge < -0.3 is 5.11 Å². The normalized spacial score (nSPS) is 14.5. The minimum absolute atomic E-state index is 0. The Morgan fingerprint density at radius 2 is 1.44 bits per heavy atom. The first kappa shape index (κ1) is 32.2. The molecule has 0 atom stereocenters. The van der Waals surface area contributed by atoms with Crippen LogP contribution in [0.2, 0.25) is 0 Å². The van der Waals surface area contributed by atoms with E-state index in [1.165, 1.54) is 5.56 Å². The third-order valence-electron chi connectivity index (χ3n) is 10.9. The molecule has 0 amide bonds. The van der Waals surface area contributed by atoms with Crippen molar-refractivity contribution in [3.8, 4) is 67.5 Å². The standard InChI is InChI=1S/C56H56N3O.Pt/c1-35(2)27-38-21-24-50(47(29-38)40-15-12-11-13-16-40)59-51-18-14-17-46(52(51)58-54(59)48-34-44(55(5,6)7)28-37(4)53(48)60)42-30-43(32-45(31-42)56(8,9)10)49-33-41(25-26-57-49)39-22-19-36(3)20-23-39;/h11-26,28-29,31-35,60H,27H2,1-10H3;/q-1;/i3D3,19D,20D,22D,23D,25D,26D,33D;. The van der Waals surface area contributed by atoms with Crippen molar-refractivity contribution in [1.82, 2.24) is 14.5 Å². The van der Waals surface area contributed by atoms with Crippen LogP contribution in [0.15, 0.2) is 133 Å². The Morgan fingerprint density at radius 3 is 2.13 bits per heavy atom. The van der Waals surface area contributed by atoms with Gasteiger partial charge in [-0.05, 0) is 101 Å². The summed E-state index contributed by atoms with van der Waals surface area (Å²) >= 11 is 0. The summed E-state index contributed by atoms with van der Waals surface area (Å²) in [6.45, 7) is 15.8. The van der Waals surface area contributed by atoms with Crippen molar-refractivity contribution in [1.29, 1.82) is 0 Å². The molecule has 0 unspecified atom stereocenters. The molecule has 4 nitrogen and oxygen atoms in total. The number of pyridine rings is 1. The molecular formula is C56H56N3OPt-. The summed E-state index contributed by atoms with van der Waals surface area (Å²) in [7, 11) is 0. The van der Waals surface area contributed by atoms with Crippen molar-refractivity contribution in [2.45, 2.75) is 86.4 Å². The molecule has 2 heterocycles. The summed E-state index contributed by atoms with van der Waals surface area (Å²) in [5.74, 6) is 1.05. The Kier molecular flexibility index (Phi) is 9.00. The van der Waals surface area contributed by atoms with Crippen molar-refractivity contribution in [3.63, 3.8) is 0 Å². The number of fused-ring (bicyclic) bond motifs is 1. The van der Waals surface area contributed by atoms with Crippen LogP contribution in [0.1, 0.15) is 96.9 Å². The van der Waals surface area contributed by atoms with Gasteiger partial charge in [-0.1, -0.05) is 157 Å². The second-order valence-corrected chi connectivity index (χ2v) is 18.1. The number of imidazole rings is 1. The molecule has 0 bridgehead atoms. The average molecular weight is 992 g/mol. The molecule has 8 aromatic rings. The van der Waals surface area contributed by atoms with E-state index in [4.69, 9.17) is 17.3 Å². The molecule has 61 heavy (non-hydrogen) atoms. The van der Waals surface area contributed by atoms with Gasteiger partial charge in [-0.3, -0.25) is 9.55 Å². The number of phenolic OH excluding ortho intramolecular Hbond substituents is 1. The topological polar surface area (TPSA) is 50.9 Å². The van der Waals surface area contributed by atoms with Gasteiger partial charge in [-0.2, -0.15) is 0 Å². The molecule has 0 saturated heterocycles. The predicted octanol–water partition coefficient (Wildman–Crippen LogP) is 14.7. The molecule has 0 fully saturated rings. The fourth-order valence-corrected chi connectivity index (χ4v) is 7.63. The van der Waals surface area contributed by atoms with E-state index in [0.717, 1.165) is 39.9 Å². The smallest absolute Gasteiger partial charge is 0.148 e. The first-order chi connectivity index (χ1) is 32.7. The van der Waals surface area contributed by atoms with Gasteiger partial charge in [0.25, 0.3) is 0 Å². The van der Waals surface area contributed by atoms with Gasteiger partial charge in [0.2, 0.25) is 0 Å². The van der Waals surface area contributed by atoms with Gasteiger partial charge in [-0.25, -0.2) is 4.98 Å². The number of aromatic hydroxyl groups is 1. The fraction of sp³-hybridized carbons (Fsp3) is 0.250. The van der Waals surface area contributed by atoms with Crippen LogP contribution in [0.4, 0.5) is 0 Å². The third-order valence-corrected chi connectivity index (χ3v) is 10.9. The molecule has 0 aliphatic rings. The number of rotatable bonds is 8. The summed E-state index contributed by atoms with van der Waals surface area (Å²) in [5.41, 5.74) is 7.51. The SMILES string of the molecule is [2H]c1nc(-c2[c-]c(-c3cccc4c3nc(-c3cc(C(C)(C)C)cc(C)c3O)n4-c3ccc(CC(C)C)cc3-c3ccccc3)cc(C(C)(C)C)c2)c([2H])c(-c2c([2H])c([2H])c(C([2H])([2H])[2H])c([2H])c2[2H])c1[2H].[Pt].